The molecule has 0 fully saturated rings. The van der Waals surface area contributed by atoms with Gasteiger partial charge >= 0.3 is 0 Å². The lowest BCUT2D eigenvalue weighted by molar-refractivity contribution is 0.103. The average molecular weight is 497 g/mol. The van der Waals surface area contributed by atoms with E-state index in [9.17, 15) is 13.2 Å². The number of H-pyrrole nitrogens is 1. The normalized spacial score (nSPS) is 15.1. The lowest BCUT2D eigenvalue weighted by Crippen LogP contribution is -2.18. The van der Waals surface area contributed by atoms with Gasteiger partial charge in [0.15, 0.2) is 5.82 Å². The van der Waals surface area contributed by atoms with Crippen molar-refractivity contribution < 1.29 is 31.6 Å². The van der Waals surface area contributed by atoms with E-state index in [4.69, 9.17) is 21.2 Å². The Bertz CT molecular complexity index is 1810. The van der Waals surface area contributed by atoms with E-state index in [-0.39, 0.29) is 16.6 Å². The summed E-state index contributed by atoms with van der Waals surface area (Å²) < 4.78 is 113. The SMILES string of the molecule is [2H]c1nc2[nH]c([2H])c(C(=O)c3c(F)c([2H])c([2H])c(NS(=O)(=O)CC([2H])([2H])C)c3F)c2c([2H])c1-c1ccc(Cl)cc1. The number of nitrogens with zero attached hydrogens (tertiary/aromatic N) is 1. The maximum atomic E-state index is 15.6. The second-order valence-corrected chi connectivity index (χ2v) is 8.91. The maximum Gasteiger partial charge on any atom is 0.232 e. The highest BCUT2D eigenvalue weighted by molar-refractivity contribution is 7.92. The molecule has 0 atom stereocenters. The molecule has 0 aliphatic rings. The first kappa shape index (κ1) is 15.5. The van der Waals surface area contributed by atoms with Crippen molar-refractivity contribution in [1.29, 1.82) is 0 Å². The molecule has 0 aliphatic carbocycles. The topological polar surface area (TPSA) is 91.9 Å². The lowest BCUT2D eigenvalue weighted by atomic mass is 10.00. The van der Waals surface area contributed by atoms with Gasteiger partial charge in [0.1, 0.15) is 11.5 Å². The highest BCUT2D eigenvalue weighted by Crippen LogP contribution is 2.30. The summed E-state index contributed by atoms with van der Waals surface area (Å²) in [5, 5.41) is -0.00385. The molecule has 2 N–H and O–H groups in total. The van der Waals surface area contributed by atoms with Crippen molar-refractivity contribution in [3.8, 4) is 11.1 Å². The van der Waals surface area contributed by atoms with Crippen LogP contribution in [0.4, 0.5) is 14.5 Å². The minimum atomic E-state index is -4.67. The first-order valence-electron chi connectivity index (χ1n) is 12.7. The number of benzene rings is 2. The lowest BCUT2D eigenvalue weighted by Gasteiger charge is -2.11. The summed E-state index contributed by atoms with van der Waals surface area (Å²) in [7, 11) is -4.67. The van der Waals surface area contributed by atoms with E-state index in [0.717, 1.165) is 6.92 Å². The third-order valence-electron chi connectivity index (χ3n) is 4.46. The van der Waals surface area contributed by atoms with E-state index in [2.05, 4.69) is 9.97 Å². The number of fused-ring (bicyclic) bond motifs is 1. The van der Waals surface area contributed by atoms with Crippen LogP contribution in [0.25, 0.3) is 22.2 Å². The number of halogens is 3. The predicted octanol–water partition coefficient (Wildman–Crippen LogP) is 5.54. The molecule has 33 heavy (non-hydrogen) atoms. The molecular formula is C23H18ClF2N3O3S. The molecule has 10 heteroatoms. The molecule has 170 valence electrons. The zero-order valence-electron chi connectivity index (χ0n) is 23.7. The van der Waals surface area contributed by atoms with Crippen molar-refractivity contribution >= 4 is 44.1 Å². The minimum Gasteiger partial charge on any atom is -0.345 e. The van der Waals surface area contributed by atoms with Gasteiger partial charge in [0, 0.05) is 36.6 Å². The highest BCUT2D eigenvalue weighted by atomic mass is 35.5. The number of aromatic amines is 1. The molecule has 4 rings (SSSR count). The van der Waals surface area contributed by atoms with E-state index < -0.39 is 86.9 Å². The fourth-order valence-corrected chi connectivity index (χ4v) is 4.02. The first-order chi connectivity index (χ1) is 18.4. The van der Waals surface area contributed by atoms with Crippen molar-refractivity contribution in [2.24, 2.45) is 0 Å². The number of pyridine rings is 1. The Labute approximate surface area is 203 Å². The Morgan fingerprint density at radius 3 is 2.67 bits per heavy atom. The van der Waals surface area contributed by atoms with Crippen LogP contribution in [0.2, 0.25) is 5.02 Å². The zero-order chi connectivity index (χ0) is 29.9. The van der Waals surface area contributed by atoms with Crippen LogP contribution in [-0.2, 0) is 10.0 Å². The molecule has 0 radical (unpaired) electrons. The van der Waals surface area contributed by atoms with Crippen LogP contribution in [-0.4, -0.2) is 29.9 Å². The van der Waals surface area contributed by atoms with Crippen LogP contribution < -0.4 is 4.72 Å². The molecule has 2 aromatic heterocycles. The van der Waals surface area contributed by atoms with Crippen molar-refractivity contribution in [1.82, 2.24) is 9.97 Å². The summed E-state index contributed by atoms with van der Waals surface area (Å²) >= 11 is 5.90. The van der Waals surface area contributed by atoms with Crippen LogP contribution in [0, 0.1) is 11.6 Å². The molecule has 0 spiro atoms. The quantitative estimate of drug-likeness (QED) is 0.328. The molecule has 0 unspecified atom stereocenters. The first-order valence-corrected chi connectivity index (χ1v) is 11.2. The van der Waals surface area contributed by atoms with Crippen molar-refractivity contribution in [2.75, 3.05) is 10.5 Å². The van der Waals surface area contributed by atoms with Crippen molar-refractivity contribution in [3.05, 3.63) is 82.5 Å². The van der Waals surface area contributed by atoms with Gasteiger partial charge in [-0.2, -0.15) is 0 Å². The number of hydrogen-bond donors (Lipinski definition) is 2. The highest BCUT2D eigenvalue weighted by Gasteiger charge is 2.26. The van der Waals surface area contributed by atoms with E-state index in [1.54, 1.807) is 4.72 Å². The van der Waals surface area contributed by atoms with Gasteiger partial charge < -0.3 is 4.98 Å². The zero-order valence-corrected chi connectivity index (χ0v) is 18.3. The third-order valence-corrected chi connectivity index (χ3v) is 5.89. The van der Waals surface area contributed by atoms with E-state index >= 15 is 8.78 Å². The Hall–Kier alpha value is -3.30. The van der Waals surface area contributed by atoms with Crippen LogP contribution in [0.3, 0.4) is 0 Å². The molecule has 2 heterocycles. The maximum absolute atomic E-state index is 15.6. The minimum absolute atomic E-state index is 0.0804. The Morgan fingerprint density at radius 1 is 1.24 bits per heavy atom. The van der Waals surface area contributed by atoms with Gasteiger partial charge in [-0.25, -0.2) is 22.2 Å². The molecule has 2 aromatic carbocycles. The molecule has 0 amide bonds. The predicted molar refractivity (Wildman–Crippen MR) is 124 cm³/mol. The number of ketones is 1. The van der Waals surface area contributed by atoms with E-state index in [1.165, 1.54) is 24.3 Å². The van der Waals surface area contributed by atoms with Crippen LogP contribution in [0.1, 0.15) is 38.8 Å². The molecule has 0 saturated carbocycles. The Morgan fingerprint density at radius 2 is 1.97 bits per heavy atom. The van der Waals surface area contributed by atoms with Gasteiger partial charge in [0.2, 0.25) is 15.8 Å². The van der Waals surface area contributed by atoms with Crippen LogP contribution in [0.5, 0.6) is 0 Å². The fraction of sp³-hybridized carbons (Fsp3) is 0.130. The molecular weight excluding hydrogens is 472 g/mol. The van der Waals surface area contributed by atoms with Crippen LogP contribution in [0.15, 0.2) is 54.7 Å². The van der Waals surface area contributed by atoms with Gasteiger partial charge in [-0.15, -0.1) is 0 Å². The molecule has 0 saturated heterocycles. The van der Waals surface area contributed by atoms with Gasteiger partial charge in [-0.1, -0.05) is 30.7 Å². The average Bonchev–Trinajstić information content (AvgIpc) is 3.16. The summed E-state index contributed by atoms with van der Waals surface area (Å²) in [6, 6.07) is 2.85. The number of anilines is 1. The summed E-state index contributed by atoms with van der Waals surface area (Å²) in [4.78, 5) is 19.9. The number of nitrogens with one attached hydrogen (secondary N) is 2. The number of hydrogen-bond acceptors (Lipinski definition) is 4. The largest absolute Gasteiger partial charge is 0.345 e. The van der Waals surface area contributed by atoms with E-state index in [0.29, 0.717) is 10.6 Å². The summed E-state index contributed by atoms with van der Waals surface area (Å²) in [6.45, 7) is 0.930. The number of aromatic nitrogens is 2. The number of rotatable bonds is 7. The number of sulfonamides is 1. The monoisotopic (exact) mass is 496 g/mol. The molecule has 0 aliphatic heterocycles. The molecule has 6 nitrogen and oxygen atoms in total. The summed E-state index contributed by atoms with van der Waals surface area (Å²) in [6.07, 6.45) is -3.42. The smallest absolute Gasteiger partial charge is 0.232 e. The molecule has 4 aromatic rings. The summed E-state index contributed by atoms with van der Waals surface area (Å²) in [5.41, 5.74) is -3.53. The number of carbonyl (C=O) groups is 1. The van der Waals surface area contributed by atoms with Gasteiger partial charge in [0.05, 0.1) is 23.9 Å². The van der Waals surface area contributed by atoms with Gasteiger partial charge in [0.25, 0.3) is 0 Å². The van der Waals surface area contributed by atoms with Gasteiger partial charge in [-0.3, -0.25) is 9.52 Å². The number of carbonyl (C=O) groups excluding carboxylic acids is 1. The third kappa shape index (κ3) is 4.60. The van der Waals surface area contributed by atoms with Crippen molar-refractivity contribution in [3.63, 3.8) is 0 Å². The fourth-order valence-electron chi connectivity index (χ4n) is 2.99. The van der Waals surface area contributed by atoms with Crippen molar-refractivity contribution in [2.45, 2.75) is 13.3 Å². The molecule has 0 bridgehead atoms. The van der Waals surface area contributed by atoms with E-state index in [1.807, 2.05) is 0 Å². The Kier molecular flexibility index (Phi) is 4.19. The second-order valence-electron chi connectivity index (χ2n) is 6.75. The summed E-state index contributed by atoms with van der Waals surface area (Å²) in [5.74, 6) is -6.42. The second kappa shape index (κ2) is 8.92. The Balaban J connectivity index is 1.95. The van der Waals surface area contributed by atoms with Gasteiger partial charge in [-0.05, 0) is 42.2 Å². The van der Waals surface area contributed by atoms with Crippen LogP contribution >= 0.6 is 11.6 Å². The standard InChI is InChI=1S/C23H18ClF2N3O3S/c1-2-9-33(31,32)29-19-8-7-18(25)20(21(19)26)22(30)17-12-28-23-16(17)10-14(11-27-23)13-3-5-15(24)6-4-13/h3-8,10-12,29H,2,9H2,1H3,(H,27,28)/i2D2,7D,8D,10D,11D,12D.